The zero-order chi connectivity index (χ0) is 19.4. The van der Waals surface area contributed by atoms with E-state index < -0.39 is 0 Å². The first kappa shape index (κ1) is 19.3. The van der Waals surface area contributed by atoms with Gasteiger partial charge in [-0.3, -0.25) is 9.69 Å². The van der Waals surface area contributed by atoms with Gasteiger partial charge < -0.3 is 9.64 Å². The maximum absolute atomic E-state index is 12.4. The fourth-order valence-electron chi connectivity index (χ4n) is 3.15. The number of rotatable bonds is 5. The number of tetrazole rings is 1. The van der Waals surface area contributed by atoms with Crippen molar-refractivity contribution in [3.05, 3.63) is 30.1 Å². The molecular formula is C19H28N6O2. The summed E-state index contributed by atoms with van der Waals surface area (Å²) in [6.07, 6.45) is 0.586. The van der Waals surface area contributed by atoms with Crippen LogP contribution in [0.2, 0.25) is 0 Å². The predicted molar refractivity (Wildman–Crippen MR) is 102 cm³/mol. The first-order valence-corrected chi connectivity index (χ1v) is 9.27. The molecule has 1 aliphatic heterocycles. The van der Waals surface area contributed by atoms with E-state index in [0.29, 0.717) is 13.0 Å². The molecule has 8 nitrogen and oxygen atoms in total. The Bertz CT molecular complexity index is 757. The van der Waals surface area contributed by atoms with Crippen LogP contribution in [0.5, 0.6) is 5.75 Å². The van der Waals surface area contributed by atoms with Gasteiger partial charge >= 0.3 is 0 Å². The number of hydrogen-bond donors (Lipinski definition) is 0. The molecule has 0 N–H and O–H groups in total. The zero-order valence-corrected chi connectivity index (χ0v) is 16.6. The molecule has 1 aromatic heterocycles. The molecule has 1 aliphatic rings. The lowest BCUT2D eigenvalue weighted by molar-refractivity contribution is -0.134. The summed E-state index contributed by atoms with van der Waals surface area (Å²) in [5.74, 6) is 1.82. The lowest BCUT2D eigenvalue weighted by atomic mass is 9.91. The van der Waals surface area contributed by atoms with E-state index in [9.17, 15) is 4.79 Å². The number of carbonyl (C=O) groups is 1. The number of carbonyl (C=O) groups excluding carboxylic acids is 1. The smallest absolute Gasteiger partial charge is 0.223 e. The molecule has 1 amide bonds. The number of methoxy groups -OCH3 is 1. The topological polar surface area (TPSA) is 76.4 Å². The Kier molecular flexibility index (Phi) is 5.74. The Morgan fingerprint density at radius 3 is 2.37 bits per heavy atom. The second-order valence-corrected chi connectivity index (χ2v) is 8.10. The van der Waals surface area contributed by atoms with Crippen molar-refractivity contribution in [1.29, 1.82) is 0 Å². The Morgan fingerprint density at radius 2 is 1.78 bits per heavy atom. The molecule has 0 bridgehead atoms. The van der Waals surface area contributed by atoms with Crippen LogP contribution < -0.4 is 4.74 Å². The third kappa shape index (κ3) is 5.03. The molecule has 0 radical (unpaired) electrons. The van der Waals surface area contributed by atoms with Crippen molar-refractivity contribution in [2.75, 3.05) is 33.3 Å². The van der Waals surface area contributed by atoms with E-state index in [1.54, 1.807) is 11.8 Å². The highest BCUT2D eigenvalue weighted by Crippen LogP contribution is 2.21. The highest BCUT2D eigenvalue weighted by Gasteiger charge is 2.25. The van der Waals surface area contributed by atoms with Gasteiger partial charge in [-0.25, -0.2) is 0 Å². The largest absolute Gasteiger partial charge is 0.497 e. The maximum Gasteiger partial charge on any atom is 0.223 e. The first-order valence-electron chi connectivity index (χ1n) is 9.27. The quantitative estimate of drug-likeness (QED) is 0.796. The number of nitrogens with zero attached hydrogens (tertiary/aromatic N) is 6. The molecule has 0 saturated carbocycles. The normalized spacial score (nSPS) is 15.8. The maximum atomic E-state index is 12.4. The van der Waals surface area contributed by atoms with Crippen molar-refractivity contribution in [3.8, 4) is 11.4 Å². The molecule has 0 unspecified atom stereocenters. The number of piperazine rings is 1. The average molecular weight is 372 g/mol. The number of hydrogen-bond acceptors (Lipinski definition) is 6. The molecule has 3 rings (SSSR count). The second kappa shape index (κ2) is 8.04. The monoisotopic (exact) mass is 372 g/mol. The minimum absolute atomic E-state index is 0.0225. The average Bonchev–Trinajstić information content (AvgIpc) is 3.09. The van der Waals surface area contributed by atoms with Gasteiger partial charge in [0.05, 0.1) is 19.3 Å². The molecule has 0 spiro atoms. The van der Waals surface area contributed by atoms with Gasteiger partial charge in [0.2, 0.25) is 5.91 Å². The van der Waals surface area contributed by atoms with Crippen LogP contribution in [0.4, 0.5) is 0 Å². The molecule has 0 atom stereocenters. The molecule has 1 fully saturated rings. The Labute approximate surface area is 160 Å². The van der Waals surface area contributed by atoms with Gasteiger partial charge in [-0.1, -0.05) is 20.8 Å². The second-order valence-electron chi connectivity index (χ2n) is 8.10. The number of aromatic nitrogens is 4. The van der Waals surface area contributed by atoms with E-state index in [4.69, 9.17) is 4.74 Å². The minimum Gasteiger partial charge on any atom is -0.497 e. The van der Waals surface area contributed by atoms with Gasteiger partial charge in [0.15, 0.2) is 5.82 Å². The van der Waals surface area contributed by atoms with Crippen LogP contribution in [0.3, 0.4) is 0 Å². The standard InChI is InChI=1S/C19H28N6O2/c1-19(2,3)13-18(26)24-11-9-23(10-12-24)14-17-20-21-22-25(17)15-5-7-16(27-4)8-6-15/h5-8H,9-14H2,1-4H3. The fraction of sp³-hybridized carbons (Fsp3) is 0.579. The number of amides is 1. The van der Waals surface area contributed by atoms with Crippen molar-refractivity contribution in [1.82, 2.24) is 30.0 Å². The van der Waals surface area contributed by atoms with Gasteiger partial charge in [0, 0.05) is 32.6 Å². The van der Waals surface area contributed by atoms with E-state index in [1.807, 2.05) is 29.2 Å². The lowest BCUT2D eigenvalue weighted by Gasteiger charge is -2.35. The molecule has 8 heteroatoms. The van der Waals surface area contributed by atoms with Crippen LogP contribution >= 0.6 is 0 Å². The summed E-state index contributed by atoms with van der Waals surface area (Å²) in [6.45, 7) is 10.1. The van der Waals surface area contributed by atoms with Crippen LogP contribution in [0.1, 0.15) is 33.0 Å². The van der Waals surface area contributed by atoms with Crippen molar-refractivity contribution < 1.29 is 9.53 Å². The van der Waals surface area contributed by atoms with Gasteiger partial charge in [0.1, 0.15) is 5.75 Å². The highest BCUT2D eigenvalue weighted by molar-refractivity contribution is 5.76. The molecule has 2 aromatic rings. The summed E-state index contributed by atoms with van der Waals surface area (Å²) in [5, 5.41) is 12.1. The number of benzene rings is 1. The zero-order valence-electron chi connectivity index (χ0n) is 16.6. The predicted octanol–water partition coefficient (Wildman–Crippen LogP) is 1.75. The third-order valence-electron chi connectivity index (χ3n) is 4.62. The van der Waals surface area contributed by atoms with E-state index >= 15 is 0 Å². The summed E-state index contributed by atoms with van der Waals surface area (Å²) in [5.41, 5.74) is 0.920. The summed E-state index contributed by atoms with van der Waals surface area (Å²) < 4.78 is 6.94. The van der Waals surface area contributed by atoms with Crippen LogP contribution in [0.25, 0.3) is 5.69 Å². The van der Waals surface area contributed by atoms with Crippen LogP contribution in [0, 0.1) is 5.41 Å². The molecule has 27 heavy (non-hydrogen) atoms. The highest BCUT2D eigenvalue weighted by atomic mass is 16.5. The SMILES string of the molecule is COc1ccc(-n2nnnc2CN2CCN(C(=O)CC(C)(C)C)CC2)cc1. The van der Waals surface area contributed by atoms with Crippen molar-refractivity contribution >= 4 is 5.91 Å². The molecule has 146 valence electrons. The Morgan fingerprint density at radius 1 is 1.11 bits per heavy atom. The van der Waals surface area contributed by atoms with Gasteiger partial charge in [0.25, 0.3) is 0 Å². The van der Waals surface area contributed by atoms with Gasteiger partial charge in [-0.15, -0.1) is 5.10 Å². The van der Waals surface area contributed by atoms with Crippen LogP contribution in [-0.2, 0) is 11.3 Å². The van der Waals surface area contributed by atoms with Crippen molar-refractivity contribution in [3.63, 3.8) is 0 Å². The summed E-state index contributed by atoms with van der Waals surface area (Å²) >= 11 is 0. The molecular weight excluding hydrogens is 344 g/mol. The van der Waals surface area contributed by atoms with Crippen molar-refractivity contribution in [2.24, 2.45) is 5.41 Å². The van der Waals surface area contributed by atoms with E-state index in [-0.39, 0.29) is 11.3 Å². The Balaban J connectivity index is 1.58. The summed E-state index contributed by atoms with van der Waals surface area (Å²) in [4.78, 5) is 16.6. The third-order valence-corrected chi connectivity index (χ3v) is 4.62. The number of ether oxygens (including phenoxy) is 1. The summed E-state index contributed by atoms with van der Waals surface area (Å²) in [7, 11) is 1.64. The van der Waals surface area contributed by atoms with Crippen molar-refractivity contribution in [2.45, 2.75) is 33.7 Å². The van der Waals surface area contributed by atoms with E-state index in [0.717, 1.165) is 43.4 Å². The van der Waals surface area contributed by atoms with E-state index in [2.05, 4.69) is 41.2 Å². The fourth-order valence-corrected chi connectivity index (χ4v) is 3.15. The van der Waals surface area contributed by atoms with Crippen LogP contribution in [-0.4, -0.2) is 69.2 Å². The first-order chi connectivity index (χ1) is 12.9. The summed E-state index contributed by atoms with van der Waals surface area (Å²) in [6, 6.07) is 7.64. The minimum atomic E-state index is 0.0225. The van der Waals surface area contributed by atoms with Gasteiger partial charge in [-0.05, 0) is 40.1 Å². The molecule has 2 heterocycles. The molecule has 1 saturated heterocycles. The van der Waals surface area contributed by atoms with Gasteiger partial charge in [-0.2, -0.15) is 4.68 Å². The Hall–Kier alpha value is -2.48. The molecule has 0 aliphatic carbocycles. The molecule has 1 aromatic carbocycles. The van der Waals surface area contributed by atoms with E-state index in [1.165, 1.54) is 0 Å². The van der Waals surface area contributed by atoms with Crippen LogP contribution in [0.15, 0.2) is 24.3 Å². The lowest BCUT2D eigenvalue weighted by Crippen LogP contribution is -2.49.